The highest BCUT2D eigenvalue weighted by Gasteiger charge is 2.42. The Hall–Kier alpha value is -3.05. The molecular weight excluding hydrogens is 510 g/mol. The van der Waals surface area contributed by atoms with Gasteiger partial charge in [0.25, 0.3) is 5.91 Å². The number of alkyl halides is 4. The third kappa shape index (κ3) is 8.27. The zero-order chi connectivity index (χ0) is 27.0. The van der Waals surface area contributed by atoms with Gasteiger partial charge in [-0.3, -0.25) is 4.79 Å². The molecule has 2 rings (SSSR count). The van der Waals surface area contributed by atoms with Crippen LogP contribution in [0, 0.1) is 0 Å². The van der Waals surface area contributed by atoms with Gasteiger partial charge in [-0.05, 0) is 43.7 Å². The molecule has 0 aromatic heterocycles. The number of carbonyl (C=O) groups is 2. The first-order valence-corrected chi connectivity index (χ1v) is 11.1. The zero-order valence-corrected chi connectivity index (χ0v) is 20.5. The monoisotopic (exact) mass is 535 g/mol. The fourth-order valence-corrected chi connectivity index (χ4v) is 3.36. The summed E-state index contributed by atoms with van der Waals surface area (Å²) in [5, 5.41) is 12.1. The fourth-order valence-electron chi connectivity index (χ4n) is 3.10. The van der Waals surface area contributed by atoms with E-state index in [1.54, 1.807) is 6.07 Å². The van der Waals surface area contributed by atoms with Crippen molar-refractivity contribution in [1.82, 2.24) is 5.32 Å². The lowest BCUT2D eigenvalue weighted by Gasteiger charge is -2.20. The van der Waals surface area contributed by atoms with Crippen molar-refractivity contribution in [2.24, 2.45) is 0 Å². The van der Waals surface area contributed by atoms with Crippen LogP contribution in [0.1, 0.15) is 35.3 Å². The zero-order valence-electron chi connectivity index (χ0n) is 19.7. The average Bonchev–Trinajstić information content (AvgIpc) is 2.79. The minimum atomic E-state index is -4.48. The van der Waals surface area contributed by atoms with Crippen LogP contribution in [0.5, 0.6) is 11.5 Å². The summed E-state index contributed by atoms with van der Waals surface area (Å²) in [5.41, 5.74) is 0.976. The van der Waals surface area contributed by atoms with Crippen molar-refractivity contribution >= 4 is 23.5 Å². The van der Waals surface area contributed by atoms with E-state index >= 15 is 0 Å². The molecule has 2 aromatic rings. The highest BCUT2D eigenvalue weighted by Crippen LogP contribution is 2.26. The van der Waals surface area contributed by atoms with Crippen molar-refractivity contribution in [3.05, 3.63) is 58.1 Å². The molecule has 0 bridgehead atoms. The van der Waals surface area contributed by atoms with Crippen LogP contribution in [-0.2, 0) is 22.5 Å². The van der Waals surface area contributed by atoms with E-state index in [1.165, 1.54) is 37.4 Å². The Bertz CT molecular complexity index is 1070. The van der Waals surface area contributed by atoms with Crippen LogP contribution in [0.4, 0.5) is 17.6 Å². The van der Waals surface area contributed by atoms with E-state index < -0.39 is 36.9 Å². The molecule has 12 heteroatoms. The van der Waals surface area contributed by atoms with Gasteiger partial charge in [0, 0.05) is 18.5 Å². The first-order chi connectivity index (χ1) is 16.8. The van der Waals surface area contributed by atoms with Gasteiger partial charge in [-0.2, -0.15) is 8.78 Å². The molecule has 2 N–H and O–H groups in total. The van der Waals surface area contributed by atoms with Gasteiger partial charge in [0.05, 0.1) is 23.8 Å². The third-order valence-corrected chi connectivity index (χ3v) is 5.15. The number of nitrogens with one attached hydrogen (secondary N) is 1. The number of aliphatic carboxylic acids is 1. The van der Waals surface area contributed by atoms with Crippen LogP contribution in [0.25, 0.3) is 0 Å². The van der Waals surface area contributed by atoms with Gasteiger partial charge in [0.2, 0.25) is 0 Å². The highest BCUT2D eigenvalue weighted by atomic mass is 35.5. The van der Waals surface area contributed by atoms with Crippen LogP contribution in [0.2, 0.25) is 5.02 Å². The van der Waals surface area contributed by atoms with E-state index in [1.807, 2.05) is 13.8 Å². The number of rotatable bonds is 13. The topological polar surface area (TPSA) is 94.1 Å². The van der Waals surface area contributed by atoms with Gasteiger partial charge in [-0.15, -0.1) is 0 Å². The lowest BCUT2D eigenvalue weighted by Crippen LogP contribution is -2.37. The Balaban J connectivity index is 2.12. The largest absolute Gasteiger partial charge is 0.496 e. The quantitative estimate of drug-likeness (QED) is 0.351. The van der Waals surface area contributed by atoms with E-state index in [4.69, 9.17) is 21.1 Å². The first kappa shape index (κ1) is 29.2. The summed E-state index contributed by atoms with van der Waals surface area (Å²) in [6, 6.07) is 9.08. The molecule has 0 aliphatic rings. The van der Waals surface area contributed by atoms with Crippen molar-refractivity contribution in [2.45, 2.75) is 51.4 Å². The van der Waals surface area contributed by atoms with Crippen molar-refractivity contribution in [2.75, 3.05) is 13.7 Å². The molecule has 1 atom stereocenters. The van der Waals surface area contributed by atoms with Gasteiger partial charge in [-0.1, -0.05) is 23.7 Å². The van der Waals surface area contributed by atoms with Crippen molar-refractivity contribution < 1.29 is 46.5 Å². The van der Waals surface area contributed by atoms with Crippen molar-refractivity contribution in [3.8, 4) is 11.5 Å². The summed E-state index contributed by atoms with van der Waals surface area (Å²) in [7, 11) is 1.39. The summed E-state index contributed by atoms with van der Waals surface area (Å²) in [6.07, 6.45) is -6.25. The molecule has 1 amide bonds. The van der Waals surface area contributed by atoms with Crippen molar-refractivity contribution in [3.63, 3.8) is 0 Å². The third-order valence-electron chi connectivity index (χ3n) is 4.83. The number of halogens is 5. The van der Waals surface area contributed by atoms with Gasteiger partial charge in [0.15, 0.2) is 6.10 Å². The summed E-state index contributed by atoms with van der Waals surface area (Å²) in [5.74, 6) is -5.70. The molecule has 7 nitrogen and oxygen atoms in total. The van der Waals surface area contributed by atoms with Crippen LogP contribution in [-0.4, -0.2) is 55.3 Å². The lowest BCUT2D eigenvalue weighted by atomic mass is 10.0. The molecule has 1 unspecified atom stereocenters. The Kier molecular flexibility index (Phi) is 10.4. The number of hydrogen-bond acceptors (Lipinski definition) is 5. The van der Waals surface area contributed by atoms with Gasteiger partial charge in [-0.25, -0.2) is 13.6 Å². The molecule has 0 aliphatic carbocycles. The number of amides is 1. The van der Waals surface area contributed by atoms with E-state index in [0.717, 1.165) is 0 Å². The second-order valence-electron chi connectivity index (χ2n) is 8.04. The SMILES string of the molecule is COc1ccc(CC(OCC(F)(F)C(F)F)C(=O)O)cc1CNC(=O)c1ccc(OC(C)C)cc1Cl. The Morgan fingerprint density at radius 2 is 1.83 bits per heavy atom. The first-order valence-electron chi connectivity index (χ1n) is 10.7. The number of carboxylic acid groups (broad SMARTS) is 1. The molecule has 2 aromatic carbocycles. The maximum absolute atomic E-state index is 13.2. The van der Waals surface area contributed by atoms with Crippen LogP contribution in [0.3, 0.4) is 0 Å². The standard InChI is InChI=1S/C24H26ClF4NO6/c1-13(2)36-16-5-6-17(18(25)10-16)21(31)30-11-15-8-14(4-7-19(15)34-3)9-20(22(32)33)35-12-24(28,29)23(26)27/h4-8,10,13,20,23H,9,11-12H2,1-3H3,(H,30,31)(H,32,33). The fraction of sp³-hybridized carbons (Fsp3) is 0.417. The molecular formula is C24H26ClF4NO6. The smallest absolute Gasteiger partial charge is 0.333 e. The number of methoxy groups -OCH3 is 1. The molecule has 36 heavy (non-hydrogen) atoms. The molecule has 0 aliphatic heterocycles. The Morgan fingerprint density at radius 1 is 1.14 bits per heavy atom. The van der Waals surface area contributed by atoms with Gasteiger partial charge in [0.1, 0.15) is 18.1 Å². The van der Waals surface area contributed by atoms with Crippen LogP contribution in [0.15, 0.2) is 36.4 Å². The molecule has 0 radical (unpaired) electrons. The number of benzene rings is 2. The normalized spacial score (nSPS) is 12.5. The van der Waals surface area contributed by atoms with E-state index in [2.05, 4.69) is 10.1 Å². The summed E-state index contributed by atoms with van der Waals surface area (Å²) in [6.45, 7) is 1.90. The predicted octanol–water partition coefficient (Wildman–Crippen LogP) is 4.98. The maximum Gasteiger partial charge on any atom is 0.333 e. The molecule has 198 valence electrons. The molecule has 0 fully saturated rings. The van der Waals surface area contributed by atoms with E-state index in [-0.39, 0.29) is 29.7 Å². The summed E-state index contributed by atoms with van der Waals surface area (Å²) >= 11 is 6.21. The second kappa shape index (κ2) is 12.8. The van der Waals surface area contributed by atoms with E-state index in [0.29, 0.717) is 22.6 Å². The number of hydrogen-bond donors (Lipinski definition) is 2. The molecule has 0 saturated carbocycles. The van der Waals surface area contributed by atoms with Gasteiger partial charge >= 0.3 is 18.3 Å². The number of ether oxygens (including phenoxy) is 3. The van der Waals surface area contributed by atoms with Crippen molar-refractivity contribution in [1.29, 1.82) is 0 Å². The molecule has 0 heterocycles. The maximum atomic E-state index is 13.2. The van der Waals surface area contributed by atoms with Crippen LogP contribution < -0.4 is 14.8 Å². The number of carboxylic acids is 1. The lowest BCUT2D eigenvalue weighted by molar-refractivity contribution is -0.185. The number of carbonyl (C=O) groups excluding carboxylic acids is 1. The van der Waals surface area contributed by atoms with E-state index in [9.17, 15) is 32.3 Å². The minimum Gasteiger partial charge on any atom is -0.496 e. The average molecular weight is 536 g/mol. The second-order valence-corrected chi connectivity index (χ2v) is 8.45. The predicted molar refractivity (Wildman–Crippen MR) is 123 cm³/mol. The van der Waals surface area contributed by atoms with Gasteiger partial charge < -0.3 is 24.6 Å². The summed E-state index contributed by atoms with van der Waals surface area (Å²) in [4.78, 5) is 24.1. The van der Waals surface area contributed by atoms with Crippen LogP contribution >= 0.6 is 11.6 Å². The minimum absolute atomic E-state index is 0.0432. The molecule has 0 saturated heterocycles. The highest BCUT2D eigenvalue weighted by molar-refractivity contribution is 6.34. The Morgan fingerprint density at radius 3 is 2.39 bits per heavy atom. The molecule has 0 spiro atoms. The Labute approximate surface area is 210 Å². The summed E-state index contributed by atoms with van der Waals surface area (Å²) < 4.78 is 66.4.